The minimum atomic E-state index is 0.636. The third-order valence-corrected chi connectivity index (χ3v) is 3.55. The van der Waals surface area contributed by atoms with E-state index in [4.69, 9.17) is 0 Å². The highest BCUT2D eigenvalue weighted by Crippen LogP contribution is 2.20. The molecule has 0 amide bonds. The zero-order valence-corrected chi connectivity index (χ0v) is 10.5. The quantitative estimate of drug-likeness (QED) is 0.845. The molecule has 1 aromatic rings. The number of hydrogen-bond donors (Lipinski definition) is 1. The van der Waals surface area contributed by atoms with E-state index < -0.39 is 0 Å². The Labute approximate surface area is 97.6 Å². The Bertz CT molecular complexity index is 324. The van der Waals surface area contributed by atoms with Crippen molar-refractivity contribution in [3.8, 4) is 0 Å². The monoisotopic (exact) mass is 222 g/mol. The highest BCUT2D eigenvalue weighted by Gasteiger charge is 2.24. The van der Waals surface area contributed by atoms with Crippen LogP contribution in [0.3, 0.4) is 0 Å². The standard InChI is InChI=1S/C12H22N4/c1-10-5-4-6-11(2)16(10)14-8-12-7-13-9-15(12)3/h7,9-11,14H,4-6,8H2,1-3H3. The lowest BCUT2D eigenvalue weighted by molar-refractivity contribution is 0.0428. The third-order valence-electron chi connectivity index (χ3n) is 3.55. The van der Waals surface area contributed by atoms with Crippen LogP contribution < -0.4 is 5.43 Å². The Morgan fingerprint density at radius 1 is 1.38 bits per heavy atom. The summed E-state index contributed by atoms with van der Waals surface area (Å²) in [6.45, 7) is 5.46. The number of rotatable bonds is 3. The molecule has 0 spiro atoms. The lowest BCUT2D eigenvalue weighted by Crippen LogP contribution is -2.51. The minimum absolute atomic E-state index is 0.636. The van der Waals surface area contributed by atoms with E-state index in [1.165, 1.54) is 25.0 Å². The molecule has 2 rings (SSSR count). The maximum absolute atomic E-state index is 4.13. The van der Waals surface area contributed by atoms with Crippen molar-refractivity contribution < 1.29 is 0 Å². The Morgan fingerprint density at radius 3 is 2.62 bits per heavy atom. The van der Waals surface area contributed by atoms with Gasteiger partial charge in [0.25, 0.3) is 0 Å². The second kappa shape index (κ2) is 4.97. The van der Waals surface area contributed by atoms with Crippen molar-refractivity contribution in [3.63, 3.8) is 0 Å². The fraction of sp³-hybridized carbons (Fsp3) is 0.750. The molecule has 2 heterocycles. The first-order chi connectivity index (χ1) is 7.68. The molecule has 0 aliphatic carbocycles. The van der Waals surface area contributed by atoms with Crippen LogP contribution in [0.1, 0.15) is 38.8 Å². The molecule has 0 bridgehead atoms. The number of imidazole rings is 1. The minimum Gasteiger partial charge on any atom is -0.337 e. The van der Waals surface area contributed by atoms with Crippen LogP contribution in [0.25, 0.3) is 0 Å². The summed E-state index contributed by atoms with van der Waals surface area (Å²) in [7, 11) is 2.03. The van der Waals surface area contributed by atoms with E-state index in [2.05, 4.69) is 33.8 Å². The second-order valence-electron chi connectivity index (χ2n) is 4.87. The van der Waals surface area contributed by atoms with Crippen molar-refractivity contribution in [2.24, 2.45) is 7.05 Å². The first-order valence-electron chi connectivity index (χ1n) is 6.15. The van der Waals surface area contributed by atoms with Crippen LogP contribution in [-0.2, 0) is 13.6 Å². The average Bonchev–Trinajstić information content (AvgIpc) is 2.64. The second-order valence-corrected chi connectivity index (χ2v) is 4.87. The predicted octanol–water partition coefficient (Wildman–Crippen LogP) is 1.69. The molecule has 1 fully saturated rings. The van der Waals surface area contributed by atoms with Crippen LogP contribution in [0, 0.1) is 0 Å². The molecule has 90 valence electrons. The van der Waals surface area contributed by atoms with Crippen LogP contribution in [0.5, 0.6) is 0 Å². The number of hydrazine groups is 1. The molecular weight excluding hydrogens is 200 g/mol. The molecule has 1 N–H and O–H groups in total. The number of nitrogens with zero attached hydrogens (tertiary/aromatic N) is 3. The van der Waals surface area contributed by atoms with Gasteiger partial charge in [-0.1, -0.05) is 6.42 Å². The van der Waals surface area contributed by atoms with E-state index in [1.54, 1.807) is 0 Å². The summed E-state index contributed by atoms with van der Waals surface area (Å²) in [6.07, 6.45) is 7.71. The van der Waals surface area contributed by atoms with Crippen LogP contribution in [0.4, 0.5) is 0 Å². The number of aromatic nitrogens is 2. The molecule has 1 saturated heterocycles. The zero-order chi connectivity index (χ0) is 11.5. The van der Waals surface area contributed by atoms with E-state index in [9.17, 15) is 0 Å². The summed E-state index contributed by atoms with van der Waals surface area (Å²) >= 11 is 0. The highest BCUT2D eigenvalue weighted by molar-refractivity contribution is 4.96. The number of piperidine rings is 1. The number of nitrogens with one attached hydrogen (secondary N) is 1. The van der Waals surface area contributed by atoms with Gasteiger partial charge in [0.1, 0.15) is 0 Å². The van der Waals surface area contributed by atoms with Gasteiger partial charge < -0.3 is 4.57 Å². The summed E-state index contributed by atoms with van der Waals surface area (Å²) in [6, 6.07) is 1.27. The summed E-state index contributed by atoms with van der Waals surface area (Å²) in [5.74, 6) is 0. The summed E-state index contributed by atoms with van der Waals surface area (Å²) in [5, 5.41) is 2.40. The smallest absolute Gasteiger partial charge is 0.0945 e. The molecule has 1 aliphatic rings. The maximum Gasteiger partial charge on any atom is 0.0945 e. The molecule has 0 radical (unpaired) electrons. The topological polar surface area (TPSA) is 33.1 Å². The molecule has 1 aromatic heterocycles. The third kappa shape index (κ3) is 2.44. The van der Waals surface area contributed by atoms with Gasteiger partial charge >= 0.3 is 0 Å². The van der Waals surface area contributed by atoms with Crippen molar-refractivity contribution >= 4 is 0 Å². The van der Waals surface area contributed by atoms with E-state index >= 15 is 0 Å². The molecule has 4 nitrogen and oxygen atoms in total. The molecule has 16 heavy (non-hydrogen) atoms. The highest BCUT2D eigenvalue weighted by atomic mass is 15.5. The van der Waals surface area contributed by atoms with Gasteiger partial charge in [0.2, 0.25) is 0 Å². The van der Waals surface area contributed by atoms with Crippen molar-refractivity contribution in [2.75, 3.05) is 0 Å². The predicted molar refractivity (Wildman–Crippen MR) is 64.7 cm³/mol. The lowest BCUT2D eigenvalue weighted by atomic mass is 10.00. The molecule has 0 saturated carbocycles. The molecule has 1 aliphatic heterocycles. The van der Waals surface area contributed by atoms with E-state index in [0.29, 0.717) is 12.1 Å². The van der Waals surface area contributed by atoms with Crippen LogP contribution in [-0.4, -0.2) is 26.6 Å². The van der Waals surface area contributed by atoms with E-state index in [1.807, 2.05) is 19.6 Å². The van der Waals surface area contributed by atoms with Crippen LogP contribution in [0.15, 0.2) is 12.5 Å². The lowest BCUT2D eigenvalue weighted by Gasteiger charge is -2.39. The Balaban J connectivity index is 1.91. The summed E-state index contributed by atoms with van der Waals surface area (Å²) in [5.41, 5.74) is 4.76. The van der Waals surface area contributed by atoms with Crippen molar-refractivity contribution in [2.45, 2.75) is 51.7 Å². The summed E-state index contributed by atoms with van der Waals surface area (Å²) < 4.78 is 2.06. The average molecular weight is 222 g/mol. The zero-order valence-electron chi connectivity index (χ0n) is 10.5. The maximum atomic E-state index is 4.13. The van der Waals surface area contributed by atoms with Gasteiger partial charge in [0, 0.05) is 25.3 Å². The number of hydrogen-bond acceptors (Lipinski definition) is 3. The molecule has 2 atom stereocenters. The summed E-state index contributed by atoms with van der Waals surface area (Å²) in [4.78, 5) is 4.13. The SMILES string of the molecule is CC1CCCC(C)N1NCc1cncn1C. The van der Waals surface area contributed by atoms with E-state index in [-0.39, 0.29) is 0 Å². The van der Waals surface area contributed by atoms with Gasteiger partial charge in [0.05, 0.1) is 18.6 Å². The van der Waals surface area contributed by atoms with Crippen molar-refractivity contribution in [1.29, 1.82) is 0 Å². The van der Waals surface area contributed by atoms with Gasteiger partial charge in [0.15, 0.2) is 0 Å². The van der Waals surface area contributed by atoms with Gasteiger partial charge in [-0.15, -0.1) is 0 Å². The fourth-order valence-electron chi connectivity index (χ4n) is 2.46. The molecular formula is C12H22N4. The Morgan fingerprint density at radius 2 is 2.06 bits per heavy atom. The van der Waals surface area contributed by atoms with Crippen LogP contribution in [0.2, 0.25) is 0 Å². The van der Waals surface area contributed by atoms with Gasteiger partial charge in [-0.05, 0) is 26.7 Å². The fourth-order valence-corrected chi connectivity index (χ4v) is 2.46. The Hall–Kier alpha value is -0.870. The molecule has 0 aromatic carbocycles. The van der Waals surface area contributed by atoms with Gasteiger partial charge in [-0.3, -0.25) is 0 Å². The van der Waals surface area contributed by atoms with Crippen LogP contribution >= 0.6 is 0 Å². The first-order valence-corrected chi connectivity index (χ1v) is 6.15. The first kappa shape index (κ1) is 11.6. The van der Waals surface area contributed by atoms with Gasteiger partial charge in [-0.2, -0.15) is 0 Å². The normalized spacial score (nSPS) is 27.2. The van der Waals surface area contributed by atoms with Crippen molar-refractivity contribution in [1.82, 2.24) is 20.0 Å². The largest absolute Gasteiger partial charge is 0.337 e. The van der Waals surface area contributed by atoms with Gasteiger partial charge in [-0.25, -0.2) is 15.4 Å². The number of aryl methyl sites for hydroxylation is 1. The molecule has 4 heteroatoms. The molecule has 2 unspecified atom stereocenters. The van der Waals surface area contributed by atoms with E-state index in [0.717, 1.165) is 6.54 Å². The Kier molecular flexibility index (Phi) is 3.61. The van der Waals surface area contributed by atoms with Crippen molar-refractivity contribution in [3.05, 3.63) is 18.2 Å².